The summed E-state index contributed by atoms with van der Waals surface area (Å²) >= 11 is 0. The molecule has 78 valence electrons. The number of ether oxygens (including phenoxy) is 2. The van der Waals surface area contributed by atoms with Gasteiger partial charge in [-0.3, -0.25) is 0 Å². The minimum absolute atomic E-state index is 0.713. The highest BCUT2D eigenvalue weighted by molar-refractivity contribution is 5.86. The first kappa shape index (κ1) is 9.71. The Hall–Kier alpha value is -1.84. The maximum Gasteiger partial charge on any atom is 0.161 e. The van der Waals surface area contributed by atoms with Gasteiger partial charge in [0.2, 0.25) is 0 Å². The lowest BCUT2D eigenvalue weighted by molar-refractivity contribution is 0.354. The Kier molecular flexibility index (Phi) is 2.67. The summed E-state index contributed by atoms with van der Waals surface area (Å²) in [5.74, 6) is 1.45. The van der Waals surface area contributed by atoms with E-state index in [4.69, 9.17) is 9.47 Å². The first-order chi connectivity index (χ1) is 7.35. The predicted molar refractivity (Wildman–Crippen MR) is 59.3 cm³/mol. The lowest BCUT2D eigenvalue weighted by atomic mass is 10.0. The number of hydrogen-bond donors (Lipinski definition) is 0. The van der Waals surface area contributed by atoms with Gasteiger partial charge >= 0.3 is 0 Å². The molecule has 15 heavy (non-hydrogen) atoms. The van der Waals surface area contributed by atoms with Crippen LogP contribution < -0.4 is 9.47 Å². The second kappa shape index (κ2) is 4.13. The average molecular weight is 204 g/mol. The van der Waals surface area contributed by atoms with Gasteiger partial charge in [-0.25, -0.2) is 0 Å². The molecule has 0 fully saturated rings. The number of hydrogen-bond acceptors (Lipinski definition) is 4. The number of fused-ring (bicyclic) bond motifs is 1. The van der Waals surface area contributed by atoms with Crippen LogP contribution >= 0.6 is 0 Å². The van der Waals surface area contributed by atoms with Crippen molar-refractivity contribution in [2.24, 2.45) is 10.2 Å². The molecule has 0 unspecified atom stereocenters. The van der Waals surface area contributed by atoms with Crippen LogP contribution in [0.15, 0.2) is 22.3 Å². The Balaban J connectivity index is 2.52. The minimum Gasteiger partial charge on any atom is -0.493 e. The van der Waals surface area contributed by atoms with E-state index in [1.54, 1.807) is 26.6 Å². The Morgan fingerprint density at radius 2 is 1.80 bits per heavy atom. The third-order valence-electron chi connectivity index (χ3n) is 2.30. The van der Waals surface area contributed by atoms with E-state index in [1.807, 2.05) is 12.1 Å². The molecule has 0 amide bonds. The lowest BCUT2D eigenvalue weighted by Gasteiger charge is -2.10. The summed E-state index contributed by atoms with van der Waals surface area (Å²) in [6, 6.07) is 3.86. The molecule has 2 rings (SSSR count). The second-order valence-corrected chi connectivity index (χ2v) is 3.15. The molecule has 0 atom stereocenters. The second-order valence-electron chi connectivity index (χ2n) is 3.15. The van der Waals surface area contributed by atoms with Gasteiger partial charge in [-0.1, -0.05) is 0 Å². The first-order valence-electron chi connectivity index (χ1n) is 4.65. The molecule has 0 N–H and O–H groups in total. The Bertz CT molecular complexity index is 425. The van der Waals surface area contributed by atoms with Crippen molar-refractivity contribution in [3.8, 4) is 11.5 Å². The van der Waals surface area contributed by atoms with Gasteiger partial charge < -0.3 is 9.47 Å². The van der Waals surface area contributed by atoms with Crippen molar-refractivity contribution in [2.45, 2.75) is 6.42 Å². The van der Waals surface area contributed by atoms with Gasteiger partial charge in [-0.05, 0) is 17.7 Å². The van der Waals surface area contributed by atoms with Crippen LogP contribution in [0.1, 0.15) is 11.1 Å². The minimum atomic E-state index is 0.713. The molecule has 1 heterocycles. The summed E-state index contributed by atoms with van der Waals surface area (Å²) in [6.07, 6.45) is 4.25. The van der Waals surface area contributed by atoms with Crippen LogP contribution in [-0.4, -0.2) is 26.6 Å². The Morgan fingerprint density at radius 1 is 1.07 bits per heavy atom. The van der Waals surface area contributed by atoms with E-state index in [9.17, 15) is 0 Å². The maximum absolute atomic E-state index is 5.23. The number of benzene rings is 1. The normalized spacial score (nSPS) is 13.2. The first-order valence-corrected chi connectivity index (χ1v) is 4.65. The summed E-state index contributed by atoms with van der Waals surface area (Å²) in [5, 5.41) is 7.75. The van der Waals surface area contributed by atoms with Gasteiger partial charge in [0.15, 0.2) is 11.5 Å². The van der Waals surface area contributed by atoms with Gasteiger partial charge in [0.05, 0.1) is 20.4 Å². The highest BCUT2D eigenvalue weighted by Crippen LogP contribution is 2.30. The molecule has 1 aliphatic rings. The summed E-state index contributed by atoms with van der Waals surface area (Å²) in [5.41, 5.74) is 2.16. The van der Waals surface area contributed by atoms with Crippen LogP contribution in [0, 0.1) is 0 Å². The monoisotopic (exact) mass is 204 g/mol. The number of methoxy groups -OCH3 is 2. The van der Waals surface area contributed by atoms with Crippen LogP contribution in [0.2, 0.25) is 0 Å². The summed E-state index contributed by atoms with van der Waals surface area (Å²) in [6.45, 7) is 0. The molecule has 1 aromatic carbocycles. The zero-order valence-corrected chi connectivity index (χ0v) is 8.73. The fraction of sp³-hybridized carbons (Fsp3) is 0.273. The number of nitrogens with zero attached hydrogens (tertiary/aromatic N) is 2. The number of rotatable bonds is 2. The van der Waals surface area contributed by atoms with Crippen molar-refractivity contribution in [1.29, 1.82) is 0 Å². The van der Waals surface area contributed by atoms with Crippen molar-refractivity contribution in [3.63, 3.8) is 0 Å². The molecule has 0 aromatic heterocycles. The molecule has 0 spiro atoms. The zero-order valence-electron chi connectivity index (χ0n) is 8.73. The van der Waals surface area contributed by atoms with Gasteiger partial charge in [-0.2, -0.15) is 10.2 Å². The van der Waals surface area contributed by atoms with Crippen LogP contribution in [0.3, 0.4) is 0 Å². The van der Waals surface area contributed by atoms with Crippen molar-refractivity contribution in [3.05, 3.63) is 23.3 Å². The smallest absolute Gasteiger partial charge is 0.161 e. The fourth-order valence-corrected chi connectivity index (χ4v) is 1.52. The van der Waals surface area contributed by atoms with Crippen molar-refractivity contribution in [2.75, 3.05) is 14.2 Å². The van der Waals surface area contributed by atoms with E-state index in [0.29, 0.717) is 5.75 Å². The SMILES string of the molecule is COc1cc2c(cc1OC)CC=NN=C2. The van der Waals surface area contributed by atoms with E-state index in [2.05, 4.69) is 10.2 Å². The molecule has 4 nitrogen and oxygen atoms in total. The molecule has 0 radical (unpaired) electrons. The van der Waals surface area contributed by atoms with Crippen LogP contribution in [0.4, 0.5) is 0 Å². The summed E-state index contributed by atoms with van der Waals surface area (Å²) < 4.78 is 10.4. The summed E-state index contributed by atoms with van der Waals surface area (Å²) in [4.78, 5) is 0. The van der Waals surface area contributed by atoms with Crippen molar-refractivity contribution < 1.29 is 9.47 Å². The van der Waals surface area contributed by atoms with E-state index < -0.39 is 0 Å². The maximum atomic E-state index is 5.23. The third-order valence-corrected chi connectivity index (χ3v) is 2.30. The largest absolute Gasteiger partial charge is 0.493 e. The molecule has 0 bridgehead atoms. The summed E-state index contributed by atoms with van der Waals surface area (Å²) in [7, 11) is 3.25. The van der Waals surface area contributed by atoms with E-state index >= 15 is 0 Å². The van der Waals surface area contributed by atoms with Gasteiger partial charge in [0, 0.05) is 18.2 Å². The molecule has 4 heteroatoms. The van der Waals surface area contributed by atoms with E-state index in [1.165, 1.54) is 0 Å². The van der Waals surface area contributed by atoms with Crippen molar-refractivity contribution in [1.82, 2.24) is 0 Å². The van der Waals surface area contributed by atoms with Gasteiger partial charge in [0.25, 0.3) is 0 Å². The molecule has 1 aliphatic heterocycles. The van der Waals surface area contributed by atoms with Crippen LogP contribution in [0.25, 0.3) is 0 Å². The Labute approximate surface area is 88.2 Å². The predicted octanol–water partition coefficient (Wildman–Crippen LogP) is 1.66. The molecule has 1 aromatic rings. The lowest BCUT2D eigenvalue weighted by Crippen LogP contribution is -1.97. The third kappa shape index (κ3) is 1.83. The zero-order chi connectivity index (χ0) is 10.7. The van der Waals surface area contributed by atoms with E-state index in [-0.39, 0.29) is 0 Å². The Morgan fingerprint density at radius 3 is 2.53 bits per heavy atom. The highest BCUT2D eigenvalue weighted by atomic mass is 16.5. The van der Waals surface area contributed by atoms with Gasteiger partial charge in [-0.15, -0.1) is 0 Å². The van der Waals surface area contributed by atoms with Crippen molar-refractivity contribution >= 4 is 12.4 Å². The average Bonchev–Trinajstić information content (AvgIpc) is 2.51. The standard InChI is InChI=1S/C11H12N2O2/c1-14-10-5-8-3-4-12-13-7-9(8)6-11(10)15-2/h4-7H,3H2,1-2H3. The topological polar surface area (TPSA) is 43.2 Å². The molecule has 0 saturated heterocycles. The quantitative estimate of drug-likeness (QED) is 0.735. The molecular weight excluding hydrogens is 192 g/mol. The highest BCUT2D eigenvalue weighted by Gasteiger charge is 2.10. The molecular formula is C11H12N2O2. The van der Waals surface area contributed by atoms with Crippen LogP contribution in [-0.2, 0) is 6.42 Å². The van der Waals surface area contributed by atoms with Crippen LogP contribution in [0.5, 0.6) is 11.5 Å². The fourth-order valence-electron chi connectivity index (χ4n) is 1.52. The molecule has 0 aliphatic carbocycles. The van der Waals surface area contributed by atoms with E-state index in [0.717, 1.165) is 23.3 Å². The van der Waals surface area contributed by atoms with Gasteiger partial charge in [0.1, 0.15) is 0 Å². The molecule has 0 saturated carbocycles.